The van der Waals surface area contributed by atoms with Crippen molar-refractivity contribution >= 4 is 32.7 Å². The van der Waals surface area contributed by atoms with Crippen LogP contribution in [0, 0.1) is 0 Å². The van der Waals surface area contributed by atoms with E-state index in [0.717, 1.165) is 11.8 Å². The first-order chi connectivity index (χ1) is 14.6. The highest BCUT2D eigenvalue weighted by Gasteiger charge is 2.27. The van der Waals surface area contributed by atoms with Crippen LogP contribution in [0.4, 0.5) is 0 Å². The zero-order chi connectivity index (χ0) is 22.6. The first-order valence-electron chi connectivity index (χ1n) is 9.87. The second-order valence-corrected chi connectivity index (χ2v) is 9.80. The Hall–Kier alpha value is -3.13. The second-order valence-electron chi connectivity index (χ2n) is 7.66. The molecule has 2 aromatic carbocycles. The maximum absolute atomic E-state index is 13.2. The van der Waals surface area contributed by atoms with E-state index in [0.29, 0.717) is 16.5 Å². The van der Waals surface area contributed by atoms with E-state index in [-0.39, 0.29) is 24.0 Å². The number of amides is 1. The van der Waals surface area contributed by atoms with Gasteiger partial charge in [0.05, 0.1) is 24.3 Å². The number of fused-ring (bicyclic) bond motifs is 1. The Kier molecular flexibility index (Phi) is 6.80. The highest BCUT2D eigenvalue weighted by molar-refractivity contribution is 7.89. The van der Waals surface area contributed by atoms with Crippen LogP contribution < -0.4 is 5.32 Å². The van der Waals surface area contributed by atoms with Crippen molar-refractivity contribution in [2.24, 2.45) is 0 Å². The summed E-state index contributed by atoms with van der Waals surface area (Å²) in [6.07, 6.45) is 0.747. The molecule has 0 radical (unpaired) electrons. The van der Waals surface area contributed by atoms with E-state index in [1.807, 2.05) is 6.07 Å². The lowest BCUT2D eigenvalue weighted by molar-refractivity contribution is -0.147. The largest absolute Gasteiger partial charge is 0.463 e. The van der Waals surface area contributed by atoms with Crippen molar-refractivity contribution in [2.75, 3.05) is 6.26 Å². The molecule has 8 heteroatoms. The number of sulfone groups is 1. The fraction of sp³-hybridized carbons (Fsp3) is 0.304. The molecule has 1 atom stereocenters. The predicted molar refractivity (Wildman–Crippen MR) is 117 cm³/mol. The van der Waals surface area contributed by atoms with Gasteiger partial charge in [-0.1, -0.05) is 48.5 Å². The fourth-order valence-electron chi connectivity index (χ4n) is 3.33. The van der Waals surface area contributed by atoms with Crippen molar-refractivity contribution in [1.29, 1.82) is 0 Å². The third-order valence-electron chi connectivity index (χ3n) is 4.56. The molecular weight excluding hydrogens is 418 g/mol. The number of carbonyl (C=O) groups excluding carboxylic acids is 2. The highest BCUT2D eigenvalue weighted by Crippen LogP contribution is 2.28. The molecule has 0 aliphatic rings. The zero-order valence-electron chi connectivity index (χ0n) is 17.6. The molecular formula is C23H25NO6S. The van der Waals surface area contributed by atoms with Gasteiger partial charge in [0.15, 0.2) is 15.6 Å². The van der Waals surface area contributed by atoms with E-state index in [1.165, 1.54) is 0 Å². The Labute approximate surface area is 181 Å². The van der Waals surface area contributed by atoms with Gasteiger partial charge < -0.3 is 14.5 Å². The van der Waals surface area contributed by atoms with Crippen molar-refractivity contribution in [3.8, 4) is 0 Å². The monoisotopic (exact) mass is 443 g/mol. The predicted octanol–water partition coefficient (Wildman–Crippen LogP) is 3.79. The summed E-state index contributed by atoms with van der Waals surface area (Å²) in [5, 5.41) is 3.38. The standard InChI is InChI=1S/C23H25NO6S/c1-15(2)29-21(25)13-19(16-9-5-4-6-10-16)24-23(26)22-18(14-31(3,27)28)17-11-7-8-12-20(17)30-22/h4-12,15,19H,13-14H2,1-3H3,(H,24,26). The Morgan fingerprint density at radius 2 is 1.68 bits per heavy atom. The summed E-state index contributed by atoms with van der Waals surface area (Å²) in [7, 11) is -3.42. The van der Waals surface area contributed by atoms with E-state index < -0.39 is 27.8 Å². The maximum atomic E-state index is 13.2. The van der Waals surface area contributed by atoms with Crippen LogP contribution >= 0.6 is 0 Å². The van der Waals surface area contributed by atoms with Gasteiger partial charge in [-0.2, -0.15) is 0 Å². The van der Waals surface area contributed by atoms with Gasteiger partial charge in [-0.05, 0) is 25.5 Å². The van der Waals surface area contributed by atoms with Crippen LogP contribution in [0.2, 0.25) is 0 Å². The van der Waals surface area contributed by atoms with E-state index in [9.17, 15) is 18.0 Å². The summed E-state index contributed by atoms with van der Waals surface area (Å²) in [6.45, 7) is 3.50. The third kappa shape index (κ3) is 5.95. The van der Waals surface area contributed by atoms with Crippen molar-refractivity contribution < 1.29 is 27.2 Å². The van der Waals surface area contributed by atoms with Gasteiger partial charge in [0.1, 0.15) is 5.58 Å². The number of nitrogens with one attached hydrogen (secondary N) is 1. The maximum Gasteiger partial charge on any atom is 0.308 e. The SMILES string of the molecule is CC(C)OC(=O)CC(NC(=O)c1oc2ccccc2c1CS(C)(=O)=O)c1ccccc1. The second kappa shape index (κ2) is 9.34. The molecule has 3 rings (SSSR count). The topological polar surface area (TPSA) is 103 Å². The molecule has 0 aliphatic heterocycles. The number of benzene rings is 2. The number of para-hydroxylation sites is 1. The first-order valence-corrected chi connectivity index (χ1v) is 11.9. The summed E-state index contributed by atoms with van der Waals surface area (Å²) in [6, 6.07) is 15.2. The van der Waals surface area contributed by atoms with Crippen molar-refractivity contribution in [3.05, 3.63) is 71.5 Å². The molecule has 7 nitrogen and oxygen atoms in total. The summed E-state index contributed by atoms with van der Waals surface area (Å²) in [5.74, 6) is -1.46. The number of ether oxygens (including phenoxy) is 1. The molecule has 0 saturated carbocycles. The quantitative estimate of drug-likeness (QED) is 0.532. The van der Waals surface area contributed by atoms with Crippen LogP contribution in [0.15, 0.2) is 59.0 Å². The van der Waals surface area contributed by atoms with Crippen LogP contribution in [0.25, 0.3) is 11.0 Å². The van der Waals surface area contributed by atoms with E-state index in [4.69, 9.17) is 9.15 Å². The molecule has 1 unspecified atom stereocenters. The zero-order valence-corrected chi connectivity index (χ0v) is 18.4. The van der Waals surface area contributed by atoms with Gasteiger partial charge in [0, 0.05) is 17.2 Å². The van der Waals surface area contributed by atoms with Gasteiger partial charge in [-0.3, -0.25) is 9.59 Å². The van der Waals surface area contributed by atoms with Crippen LogP contribution in [-0.4, -0.2) is 32.7 Å². The average Bonchev–Trinajstić information content (AvgIpc) is 3.04. The summed E-state index contributed by atoms with van der Waals surface area (Å²) >= 11 is 0. The molecule has 0 saturated heterocycles. The highest BCUT2D eigenvalue weighted by atomic mass is 32.2. The number of furan rings is 1. The molecule has 31 heavy (non-hydrogen) atoms. The van der Waals surface area contributed by atoms with Gasteiger partial charge in [0.25, 0.3) is 5.91 Å². The molecule has 3 aromatic rings. The molecule has 164 valence electrons. The van der Waals surface area contributed by atoms with Crippen LogP contribution in [0.3, 0.4) is 0 Å². The Balaban J connectivity index is 1.95. The lowest BCUT2D eigenvalue weighted by Gasteiger charge is -2.19. The average molecular weight is 444 g/mol. The number of rotatable bonds is 8. The number of esters is 1. The van der Waals surface area contributed by atoms with E-state index in [1.54, 1.807) is 62.4 Å². The van der Waals surface area contributed by atoms with Gasteiger partial charge in [-0.15, -0.1) is 0 Å². The minimum Gasteiger partial charge on any atom is -0.463 e. The lowest BCUT2D eigenvalue weighted by atomic mass is 10.0. The Morgan fingerprint density at radius 1 is 1.03 bits per heavy atom. The van der Waals surface area contributed by atoms with E-state index >= 15 is 0 Å². The molecule has 1 heterocycles. The molecule has 1 amide bonds. The molecule has 1 N–H and O–H groups in total. The fourth-order valence-corrected chi connectivity index (χ4v) is 4.14. The number of hydrogen-bond acceptors (Lipinski definition) is 6. The lowest BCUT2D eigenvalue weighted by Crippen LogP contribution is -2.31. The summed E-state index contributed by atoms with van der Waals surface area (Å²) < 4.78 is 34.9. The third-order valence-corrected chi connectivity index (χ3v) is 5.37. The molecule has 1 aromatic heterocycles. The normalized spacial score (nSPS) is 12.6. The van der Waals surface area contributed by atoms with Crippen molar-refractivity contribution in [3.63, 3.8) is 0 Å². The molecule has 0 bridgehead atoms. The molecule has 0 aliphatic carbocycles. The minimum absolute atomic E-state index is 0.0738. The number of carbonyl (C=O) groups is 2. The van der Waals surface area contributed by atoms with Gasteiger partial charge >= 0.3 is 5.97 Å². The smallest absolute Gasteiger partial charge is 0.308 e. The first kappa shape index (κ1) is 22.6. The van der Waals surface area contributed by atoms with Crippen LogP contribution in [0.5, 0.6) is 0 Å². The van der Waals surface area contributed by atoms with Crippen LogP contribution in [0.1, 0.15) is 48.0 Å². The summed E-state index contributed by atoms with van der Waals surface area (Å²) in [5.41, 5.74) is 1.44. The Bertz CT molecular complexity index is 1180. The van der Waals surface area contributed by atoms with E-state index in [2.05, 4.69) is 5.32 Å². The molecule has 0 fully saturated rings. The van der Waals surface area contributed by atoms with Crippen molar-refractivity contribution in [1.82, 2.24) is 5.32 Å². The van der Waals surface area contributed by atoms with Crippen LogP contribution in [-0.2, 0) is 25.1 Å². The minimum atomic E-state index is -3.42. The summed E-state index contributed by atoms with van der Waals surface area (Å²) in [4.78, 5) is 25.4. The number of hydrogen-bond donors (Lipinski definition) is 1. The van der Waals surface area contributed by atoms with Gasteiger partial charge in [-0.25, -0.2) is 8.42 Å². The van der Waals surface area contributed by atoms with Gasteiger partial charge in [0.2, 0.25) is 0 Å². The van der Waals surface area contributed by atoms with Crippen molar-refractivity contribution in [2.45, 2.75) is 38.2 Å². The Morgan fingerprint density at radius 3 is 2.32 bits per heavy atom. The molecule has 0 spiro atoms.